The number of halogens is 2. The molecule has 0 saturated heterocycles. The molecule has 0 amide bonds. The van der Waals surface area contributed by atoms with Crippen LogP contribution in [0.2, 0.25) is 5.02 Å². The van der Waals surface area contributed by atoms with Crippen molar-refractivity contribution in [3.63, 3.8) is 0 Å². The maximum Gasteiger partial charge on any atom is 0.291 e. The average Bonchev–Trinajstić information content (AvgIpc) is 3.63. The second kappa shape index (κ2) is 10.3. The number of aromatic nitrogens is 5. The van der Waals surface area contributed by atoms with Gasteiger partial charge in [-0.1, -0.05) is 59.3 Å². The molecule has 192 valence electrons. The van der Waals surface area contributed by atoms with E-state index in [1.807, 2.05) is 42.6 Å². The fraction of sp³-hybridized carbons (Fsp3) is 0.0345. The smallest absolute Gasteiger partial charge is 0.291 e. The van der Waals surface area contributed by atoms with Gasteiger partial charge in [0, 0.05) is 17.3 Å². The summed E-state index contributed by atoms with van der Waals surface area (Å²) in [5, 5.41) is 9.61. The van der Waals surface area contributed by atoms with Gasteiger partial charge in [0.2, 0.25) is 4.96 Å². The van der Waals surface area contributed by atoms with E-state index < -0.39 is 0 Å². The lowest BCUT2D eigenvalue weighted by molar-refractivity contribution is 0.415. The van der Waals surface area contributed by atoms with Gasteiger partial charge in [0.05, 0.1) is 22.4 Å². The molecule has 6 aromatic rings. The summed E-state index contributed by atoms with van der Waals surface area (Å²) in [7, 11) is 1.56. The molecule has 0 bridgehead atoms. The summed E-state index contributed by atoms with van der Waals surface area (Å²) in [6.45, 7) is 0. The number of hydrogen-bond acceptors (Lipinski definition) is 6. The fourth-order valence-corrected chi connectivity index (χ4v) is 5.21. The van der Waals surface area contributed by atoms with Gasteiger partial charge >= 0.3 is 0 Å². The molecule has 0 N–H and O–H groups in total. The summed E-state index contributed by atoms with van der Waals surface area (Å²) < 4.78 is 21.9. The van der Waals surface area contributed by atoms with E-state index in [0.717, 1.165) is 22.4 Å². The van der Waals surface area contributed by atoms with E-state index in [9.17, 15) is 9.18 Å². The van der Waals surface area contributed by atoms with Gasteiger partial charge in [-0.05, 0) is 60.2 Å². The standard InChI is InChI=1S/C29H19ClFN5O2S/c1-38-24-13-10-19(15-23(24)30)27-20(17-35(34-27)22-5-3-2-4-6-22)16-25-28(37)36-29(39-25)32-26(33-36)14-9-18-7-11-21(31)12-8-18/h2-17H,1H3/b14-9+,25-16-. The summed E-state index contributed by atoms with van der Waals surface area (Å²) >= 11 is 7.64. The molecule has 0 radical (unpaired) electrons. The van der Waals surface area contributed by atoms with Crippen LogP contribution in [-0.4, -0.2) is 31.5 Å². The molecular formula is C29H19ClFN5O2S. The summed E-state index contributed by atoms with van der Waals surface area (Å²) in [6.07, 6.45) is 7.11. The molecule has 39 heavy (non-hydrogen) atoms. The molecule has 0 fully saturated rings. The Morgan fingerprint density at radius 1 is 1.00 bits per heavy atom. The number of benzene rings is 3. The maximum atomic E-state index is 13.2. The Labute approximate surface area is 230 Å². The number of rotatable bonds is 6. The zero-order chi connectivity index (χ0) is 26.9. The Morgan fingerprint density at radius 2 is 1.79 bits per heavy atom. The van der Waals surface area contributed by atoms with Crippen molar-refractivity contribution in [2.45, 2.75) is 0 Å². The van der Waals surface area contributed by atoms with E-state index in [-0.39, 0.29) is 11.4 Å². The predicted molar refractivity (Wildman–Crippen MR) is 152 cm³/mol. The quantitative estimate of drug-likeness (QED) is 0.270. The van der Waals surface area contributed by atoms with Crippen molar-refractivity contribution in [1.82, 2.24) is 24.4 Å². The first-order chi connectivity index (χ1) is 19.0. The number of methoxy groups -OCH3 is 1. The normalized spacial score (nSPS) is 12.1. The lowest BCUT2D eigenvalue weighted by Gasteiger charge is -2.05. The highest BCUT2D eigenvalue weighted by Crippen LogP contribution is 2.32. The summed E-state index contributed by atoms with van der Waals surface area (Å²) in [4.78, 5) is 18.2. The molecular weight excluding hydrogens is 537 g/mol. The van der Waals surface area contributed by atoms with Crippen LogP contribution in [0.5, 0.6) is 5.75 Å². The van der Waals surface area contributed by atoms with Gasteiger partial charge < -0.3 is 4.74 Å². The Bertz CT molecular complexity index is 1950. The van der Waals surface area contributed by atoms with Gasteiger partial charge in [0.25, 0.3) is 5.56 Å². The Kier molecular flexibility index (Phi) is 6.52. The molecule has 0 aliphatic heterocycles. The van der Waals surface area contributed by atoms with Crippen molar-refractivity contribution in [1.29, 1.82) is 0 Å². The third-order valence-corrected chi connectivity index (χ3v) is 7.22. The number of thiazole rings is 1. The molecule has 0 spiro atoms. The van der Waals surface area contributed by atoms with Crippen molar-refractivity contribution in [2.24, 2.45) is 0 Å². The summed E-state index contributed by atoms with van der Waals surface area (Å²) in [5.41, 5.74) is 3.56. The average molecular weight is 556 g/mol. The van der Waals surface area contributed by atoms with Crippen LogP contribution in [0.1, 0.15) is 17.0 Å². The summed E-state index contributed by atoms with van der Waals surface area (Å²) in [6, 6.07) is 21.2. The van der Waals surface area contributed by atoms with Crippen LogP contribution >= 0.6 is 22.9 Å². The number of nitrogens with zero attached hydrogens (tertiary/aromatic N) is 5. The van der Waals surface area contributed by atoms with E-state index in [1.165, 1.54) is 28.0 Å². The highest BCUT2D eigenvalue weighted by Gasteiger charge is 2.15. The van der Waals surface area contributed by atoms with Crippen LogP contribution in [0.3, 0.4) is 0 Å². The zero-order valence-electron chi connectivity index (χ0n) is 20.5. The van der Waals surface area contributed by atoms with E-state index in [4.69, 9.17) is 21.4 Å². The van der Waals surface area contributed by atoms with Gasteiger partial charge in [-0.15, -0.1) is 5.10 Å². The van der Waals surface area contributed by atoms with Crippen LogP contribution in [-0.2, 0) is 0 Å². The minimum Gasteiger partial charge on any atom is -0.495 e. The Hall–Kier alpha value is -4.60. The van der Waals surface area contributed by atoms with Crippen LogP contribution < -0.4 is 14.8 Å². The molecule has 3 heterocycles. The highest BCUT2D eigenvalue weighted by molar-refractivity contribution is 7.15. The van der Waals surface area contributed by atoms with Crippen molar-refractivity contribution >= 4 is 46.1 Å². The highest BCUT2D eigenvalue weighted by atomic mass is 35.5. The van der Waals surface area contributed by atoms with E-state index in [1.54, 1.807) is 54.3 Å². The van der Waals surface area contributed by atoms with Crippen molar-refractivity contribution < 1.29 is 9.13 Å². The lowest BCUT2D eigenvalue weighted by atomic mass is 10.1. The van der Waals surface area contributed by atoms with Crippen LogP contribution in [0.25, 0.3) is 40.1 Å². The third kappa shape index (κ3) is 4.97. The summed E-state index contributed by atoms with van der Waals surface area (Å²) in [5.74, 6) is 0.643. The molecule has 0 unspecified atom stereocenters. The number of fused-ring (bicyclic) bond motifs is 1. The van der Waals surface area contributed by atoms with Crippen LogP contribution in [0.15, 0.2) is 83.8 Å². The number of para-hydroxylation sites is 1. The second-order valence-electron chi connectivity index (χ2n) is 8.53. The van der Waals surface area contributed by atoms with Crippen LogP contribution in [0, 0.1) is 5.82 Å². The van der Waals surface area contributed by atoms with Crippen molar-refractivity contribution in [2.75, 3.05) is 7.11 Å². The van der Waals surface area contributed by atoms with E-state index >= 15 is 0 Å². The van der Waals surface area contributed by atoms with Gasteiger partial charge in [0.15, 0.2) is 5.82 Å². The van der Waals surface area contributed by atoms with Gasteiger partial charge in [-0.3, -0.25) is 4.79 Å². The lowest BCUT2D eigenvalue weighted by Crippen LogP contribution is -2.23. The molecule has 3 aromatic heterocycles. The van der Waals surface area contributed by atoms with Gasteiger partial charge in [-0.25, -0.2) is 9.07 Å². The number of hydrogen-bond donors (Lipinski definition) is 0. The largest absolute Gasteiger partial charge is 0.495 e. The van der Waals surface area contributed by atoms with Gasteiger partial charge in [-0.2, -0.15) is 14.6 Å². The topological polar surface area (TPSA) is 74.3 Å². The third-order valence-electron chi connectivity index (χ3n) is 5.97. The molecule has 0 atom stereocenters. The predicted octanol–water partition coefficient (Wildman–Crippen LogP) is 5.52. The van der Waals surface area contributed by atoms with Crippen molar-refractivity contribution in [3.05, 3.63) is 122 Å². The monoisotopic (exact) mass is 555 g/mol. The number of ether oxygens (including phenoxy) is 1. The molecule has 0 saturated carbocycles. The Balaban J connectivity index is 1.41. The first-order valence-electron chi connectivity index (χ1n) is 11.8. The molecule has 0 aliphatic rings. The van der Waals surface area contributed by atoms with E-state index in [2.05, 4.69) is 10.1 Å². The second-order valence-corrected chi connectivity index (χ2v) is 9.94. The SMILES string of the molecule is COc1ccc(-c2nn(-c3ccccc3)cc2/C=c2\sc3nc(/C=C/c4ccc(F)cc4)nn3c2=O)cc1Cl. The first kappa shape index (κ1) is 24.7. The molecule has 7 nitrogen and oxygen atoms in total. The zero-order valence-corrected chi connectivity index (χ0v) is 22.0. The maximum absolute atomic E-state index is 13.2. The van der Waals surface area contributed by atoms with Crippen molar-refractivity contribution in [3.8, 4) is 22.7 Å². The Morgan fingerprint density at radius 3 is 2.51 bits per heavy atom. The molecule has 10 heteroatoms. The fourth-order valence-electron chi connectivity index (χ4n) is 4.05. The van der Waals surface area contributed by atoms with Crippen LogP contribution in [0.4, 0.5) is 4.39 Å². The van der Waals surface area contributed by atoms with E-state index in [0.29, 0.717) is 31.8 Å². The first-order valence-corrected chi connectivity index (χ1v) is 13.0. The molecule has 3 aromatic carbocycles. The minimum atomic E-state index is -0.305. The molecule has 6 rings (SSSR count). The minimum absolute atomic E-state index is 0.282. The molecule has 0 aliphatic carbocycles. The van der Waals surface area contributed by atoms with Gasteiger partial charge in [0.1, 0.15) is 17.3 Å².